The fraction of sp³-hybridized carbons (Fsp3) is 0.125. The number of benzene rings is 2. The highest BCUT2D eigenvalue weighted by Crippen LogP contribution is 2.16. The summed E-state index contributed by atoms with van der Waals surface area (Å²) in [6.45, 7) is 1.02. The number of nitrogens with zero attached hydrogens (tertiary/aromatic N) is 2. The van der Waals surface area contributed by atoms with Crippen molar-refractivity contribution in [3.8, 4) is 5.75 Å². The summed E-state index contributed by atoms with van der Waals surface area (Å²) >= 11 is 0. The van der Waals surface area contributed by atoms with Crippen molar-refractivity contribution >= 4 is 5.95 Å². The highest BCUT2D eigenvalue weighted by Gasteiger charge is 2.00. The Morgan fingerprint density at radius 2 is 1.95 bits per heavy atom. The average molecular weight is 298 g/mol. The first-order chi connectivity index (χ1) is 10.8. The minimum absolute atomic E-state index is 0.246. The van der Waals surface area contributed by atoms with Gasteiger partial charge >= 0.3 is 0 Å². The molecule has 5 nitrogen and oxygen atoms in total. The molecule has 0 aliphatic rings. The van der Waals surface area contributed by atoms with Crippen LogP contribution in [0.4, 0.5) is 10.3 Å². The van der Waals surface area contributed by atoms with Crippen molar-refractivity contribution in [3.63, 3.8) is 0 Å². The maximum atomic E-state index is 12.8. The van der Waals surface area contributed by atoms with Crippen molar-refractivity contribution in [3.05, 3.63) is 71.8 Å². The Balaban J connectivity index is 1.57. The summed E-state index contributed by atoms with van der Waals surface area (Å²) in [6, 6.07) is 14.0. The summed E-state index contributed by atoms with van der Waals surface area (Å²) in [6.07, 6.45) is 1.45. The Bertz CT molecular complexity index is 713. The monoisotopic (exact) mass is 298 g/mol. The molecule has 1 heterocycles. The van der Waals surface area contributed by atoms with E-state index in [0.717, 1.165) is 16.9 Å². The van der Waals surface area contributed by atoms with Gasteiger partial charge in [0.2, 0.25) is 5.95 Å². The molecule has 0 bridgehead atoms. The van der Waals surface area contributed by atoms with Gasteiger partial charge in [0.05, 0.1) is 0 Å². The van der Waals surface area contributed by atoms with E-state index in [4.69, 9.17) is 4.74 Å². The van der Waals surface area contributed by atoms with Crippen molar-refractivity contribution in [1.82, 2.24) is 15.2 Å². The Labute approximate surface area is 127 Å². The third kappa shape index (κ3) is 3.82. The van der Waals surface area contributed by atoms with Gasteiger partial charge < -0.3 is 10.1 Å². The third-order valence-electron chi connectivity index (χ3n) is 3.09. The molecule has 0 spiro atoms. The van der Waals surface area contributed by atoms with Crippen LogP contribution in [0.1, 0.15) is 11.1 Å². The van der Waals surface area contributed by atoms with Gasteiger partial charge in [0.25, 0.3) is 0 Å². The Morgan fingerprint density at radius 3 is 2.73 bits per heavy atom. The van der Waals surface area contributed by atoms with E-state index in [1.165, 1.54) is 18.5 Å². The van der Waals surface area contributed by atoms with Crippen molar-refractivity contribution in [1.29, 1.82) is 0 Å². The van der Waals surface area contributed by atoms with Crippen LogP contribution in [0, 0.1) is 5.82 Å². The number of halogens is 1. The molecule has 0 radical (unpaired) electrons. The summed E-state index contributed by atoms with van der Waals surface area (Å²) in [5.41, 5.74) is 1.99. The van der Waals surface area contributed by atoms with Gasteiger partial charge in [0.1, 0.15) is 24.5 Å². The Morgan fingerprint density at radius 1 is 1.09 bits per heavy atom. The molecule has 0 amide bonds. The number of aromatic nitrogens is 3. The number of hydrogen-bond donors (Lipinski definition) is 2. The fourth-order valence-corrected chi connectivity index (χ4v) is 1.97. The van der Waals surface area contributed by atoms with Crippen LogP contribution < -0.4 is 10.1 Å². The maximum absolute atomic E-state index is 12.8. The number of H-pyrrole nitrogens is 1. The molecule has 2 aromatic carbocycles. The molecule has 1 aromatic heterocycles. The van der Waals surface area contributed by atoms with Crippen LogP contribution in [-0.4, -0.2) is 15.2 Å². The van der Waals surface area contributed by atoms with E-state index < -0.39 is 0 Å². The lowest BCUT2D eigenvalue weighted by Crippen LogP contribution is -2.02. The number of aromatic amines is 1. The predicted octanol–water partition coefficient (Wildman–Crippen LogP) is 3.13. The van der Waals surface area contributed by atoms with Gasteiger partial charge in [-0.25, -0.2) is 14.5 Å². The normalized spacial score (nSPS) is 10.4. The van der Waals surface area contributed by atoms with E-state index in [1.807, 2.05) is 24.3 Å². The molecular weight excluding hydrogens is 283 g/mol. The van der Waals surface area contributed by atoms with Gasteiger partial charge in [0.15, 0.2) is 0 Å². The largest absolute Gasteiger partial charge is 0.489 e. The van der Waals surface area contributed by atoms with Crippen molar-refractivity contribution in [2.24, 2.45) is 0 Å². The molecule has 22 heavy (non-hydrogen) atoms. The van der Waals surface area contributed by atoms with Crippen LogP contribution in [0.5, 0.6) is 5.75 Å². The smallest absolute Gasteiger partial charge is 0.218 e. The number of nitrogens with one attached hydrogen (secondary N) is 2. The summed E-state index contributed by atoms with van der Waals surface area (Å²) in [5, 5.41) is 9.63. The molecule has 0 aliphatic carbocycles. The quantitative estimate of drug-likeness (QED) is 0.734. The van der Waals surface area contributed by atoms with Crippen LogP contribution in [0.2, 0.25) is 0 Å². The second-order valence-electron chi connectivity index (χ2n) is 4.75. The van der Waals surface area contributed by atoms with Gasteiger partial charge in [-0.1, -0.05) is 24.3 Å². The zero-order valence-corrected chi connectivity index (χ0v) is 11.8. The second kappa shape index (κ2) is 6.71. The van der Waals surface area contributed by atoms with Gasteiger partial charge in [0, 0.05) is 6.54 Å². The standard InChI is InChI=1S/C16H15FN4O/c17-14-6-4-12(5-7-14)10-22-15-3-1-2-13(8-15)9-18-16-19-11-20-21-16/h1-8,11H,9-10H2,(H2,18,19,20,21). The molecule has 3 rings (SSSR count). The van der Waals surface area contributed by atoms with E-state index in [0.29, 0.717) is 19.1 Å². The van der Waals surface area contributed by atoms with Crippen molar-refractivity contribution < 1.29 is 9.13 Å². The zero-order valence-electron chi connectivity index (χ0n) is 11.8. The van der Waals surface area contributed by atoms with Crippen LogP contribution in [0.3, 0.4) is 0 Å². The van der Waals surface area contributed by atoms with Crippen molar-refractivity contribution in [2.45, 2.75) is 13.2 Å². The predicted molar refractivity (Wildman–Crippen MR) is 80.9 cm³/mol. The van der Waals surface area contributed by atoms with E-state index in [-0.39, 0.29) is 5.82 Å². The molecule has 0 fully saturated rings. The number of rotatable bonds is 6. The Hall–Kier alpha value is -2.89. The van der Waals surface area contributed by atoms with Crippen LogP contribution in [-0.2, 0) is 13.2 Å². The number of ether oxygens (including phenoxy) is 1. The molecule has 0 unspecified atom stereocenters. The molecule has 0 atom stereocenters. The molecule has 0 aliphatic heterocycles. The molecular formula is C16H15FN4O. The van der Waals surface area contributed by atoms with Crippen LogP contribution in [0.25, 0.3) is 0 Å². The van der Waals surface area contributed by atoms with E-state index in [9.17, 15) is 4.39 Å². The highest BCUT2D eigenvalue weighted by molar-refractivity contribution is 5.32. The van der Waals surface area contributed by atoms with Crippen LogP contribution in [0.15, 0.2) is 54.9 Å². The van der Waals surface area contributed by atoms with E-state index >= 15 is 0 Å². The Kier molecular flexibility index (Phi) is 4.29. The van der Waals surface area contributed by atoms with Gasteiger partial charge in [-0.15, -0.1) is 0 Å². The lowest BCUT2D eigenvalue weighted by atomic mass is 10.2. The third-order valence-corrected chi connectivity index (χ3v) is 3.09. The first-order valence-corrected chi connectivity index (χ1v) is 6.85. The first-order valence-electron chi connectivity index (χ1n) is 6.85. The van der Waals surface area contributed by atoms with Crippen LogP contribution >= 0.6 is 0 Å². The molecule has 0 saturated carbocycles. The highest BCUT2D eigenvalue weighted by atomic mass is 19.1. The number of hydrogen-bond acceptors (Lipinski definition) is 4. The molecule has 3 aromatic rings. The summed E-state index contributed by atoms with van der Waals surface area (Å²) in [5.74, 6) is 1.14. The summed E-state index contributed by atoms with van der Waals surface area (Å²) in [7, 11) is 0. The molecule has 2 N–H and O–H groups in total. The molecule has 0 saturated heterocycles. The maximum Gasteiger partial charge on any atom is 0.218 e. The SMILES string of the molecule is Fc1ccc(COc2cccc(CNc3ncn[nH]3)c2)cc1. The summed E-state index contributed by atoms with van der Waals surface area (Å²) < 4.78 is 18.6. The first kappa shape index (κ1) is 14.1. The lowest BCUT2D eigenvalue weighted by Gasteiger charge is -2.08. The fourth-order valence-electron chi connectivity index (χ4n) is 1.97. The van der Waals surface area contributed by atoms with E-state index in [1.54, 1.807) is 12.1 Å². The minimum atomic E-state index is -0.246. The second-order valence-corrected chi connectivity index (χ2v) is 4.75. The lowest BCUT2D eigenvalue weighted by molar-refractivity contribution is 0.306. The van der Waals surface area contributed by atoms with Gasteiger partial charge in [-0.3, -0.25) is 0 Å². The van der Waals surface area contributed by atoms with E-state index in [2.05, 4.69) is 20.5 Å². The van der Waals surface area contributed by atoms with Gasteiger partial charge in [-0.05, 0) is 35.4 Å². The van der Waals surface area contributed by atoms with Crippen molar-refractivity contribution in [2.75, 3.05) is 5.32 Å². The zero-order chi connectivity index (χ0) is 15.2. The molecule has 112 valence electrons. The summed E-state index contributed by atoms with van der Waals surface area (Å²) in [4.78, 5) is 4.00. The topological polar surface area (TPSA) is 62.8 Å². The van der Waals surface area contributed by atoms with Gasteiger partial charge in [-0.2, -0.15) is 5.10 Å². The minimum Gasteiger partial charge on any atom is -0.489 e. The number of anilines is 1. The average Bonchev–Trinajstić information content (AvgIpc) is 3.06. The molecule has 6 heteroatoms.